The van der Waals surface area contributed by atoms with Crippen molar-refractivity contribution in [3.8, 4) is 0 Å². The van der Waals surface area contributed by atoms with Gasteiger partial charge in [-0.15, -0.1) is 12.4 Å². The standard InChI is InChI=1S/C15H26N4.ClH/c1-18-10-8-17-15(18)14-3-2-9-19(12-14)11-13-4-6-16-7-5-13;/h8,10,13-14,16H,2-7,9,11-12H2,1H3;1H. The summed E-state index contributed by atoms with van der Waals surface area (Å²) in [7, 11) is 2.12. The van der Waals surface area contributed by atoms with Crippen LogP contribution in [0.4, 0.5) is 0 Å². The number of likely N-dealkylation sites (tertiary alicyclic amines) is 1. The van der Waals surface area contributed by atoms with Crippen LogP contribution in [0, 0.1) is 5.92 Å². The summed E-state index contributed by atoms with van der Waals surface area (Å²) in [5.74, 6) is 2.81. The summed E-state index contributed by atoms with van der Waals surface area (Å²) in [6.07, 6.45) is 9.32. The van der Waals surface area contributed by atoms with Crippen molar-refractivity contribution in [2.45, 2.75) is 31.6 Å². The quantitative estimate of drug-likeness (QED) is 0.927. The molecule has 0 bridgehead atoms. The molecule has 1 unspecified atom stereocenters. The van der Waals surface area contributed by atoms with Crippen LogP contribution in [0.5, 0.6) is 0 Å². The minimum atomic E-state index is 0. The minimum absolute atomic E-state index is 0. The molecule has 2 fully saturated rings. The van der Waals surface area contributed by atoms with Crippen molar-refractivity contribution in [1.82, 2.24) is 19.8 Å². The molecule has 0 radical (unpaired) electrons. The molecule has 3 rings (SSSR count). The maximum atomic E-state index is 4.55. The van der Waals surface area contributed by atoms with E-state index < -0.39 is 0 Å². The third-order valence-electron chi connectivity index (χ3n) is 4.70. The van der Waals surface area contributed by atoms with Gasteiger partial charge in [-0.25, -0.2) is 4.98 Å². The first-order valence-corrected chi connectivity index (χ1v) is 7.73. The molecule has 1 N–H and O–H groups in total. The SMILES string of the molecule is Cl.Cn1ccnc1C1CCCN(CC2CCNCC2)C1. The average molecular weight is 299 g/mol. The van der Waals surface area contributed by atoms with Gasteiger partial charge in [-0.3, -0.25) is 0 Å². The fraction of sp³-hybridized carbons (Fsp3) is 0.800. The number of nitrogens with one attached hydrogen (secondary N) is 1. The molecule has 0 aromatic carbocycles. The predicted octanol–water partition coefficient (Wildman–Crippen LogP) is 2.02. The van der Waals surface area contributed by atoms with Gasteiger partial charge in [0.05, 0.1) is 0 Å². The largest absolute Gasteiger partial charge is 0.338 e. The molecule has 5 heteroatoms. The molecule has 0 spiro atoms. The Hall–Kier alpha value is -0.580. The zero-order valence-electron chi connectivity index (χ0n) is 12.4. The Morgan fingerprint density at radius 1 is 1.30 bits per heavy atom. The summed E-state index contributed by atoms with van der Waals surface area (Å²) < 4.78 is 2.19. The summed E-state index contributed by atoms with van der Waals surface area (Å²) in [5.41, 5.74) is 0. The lowest BCUT2D eigenvalue weighted by molar-refractivity contribution is 0.160. The first kappa shape index (κ1) is 15.8. The number of aromatic nitrogens is 2. The molecule has 1 aromatic heterocycles. The van der Waals surface area contributed by atoms with E-state index in [9.17, 15) is 0 Å². The lowest BCUT2D eigenvalue weighted by atomic mass is 9.93. The van der Waals surface area contributed by atoms with Crippen LogP contribution in [0.3, 0.4) is 0 Å². The van der Waals surface area contributed by atoms with Crippen LogP contribution >= 0.6 is 12.4 Å². The molecular formula is C15H27ClN4. The molecule has 2 saturated heterocycles. The molecular weight excluding hydrogens is 272 g/mol. The molecule has 20 heavy (non-hydrogen) atoms. The maximum Gasteiger partial charge on any atom is 0.112 e. The zero-order valence-corrected chi connectivity index (χ0v) is 13.2. The maximum absolute atomic E-state index is 4.55. The number of piperidine rings is 2. The second-order valence-electron chi connectivity index (χ2n) is 6.19. The Morgan fingerprint density at radius 3 is 2.80 bits per heavy atom. The summed E-state index contributed by atoms with van der Waals surface area (Å²) >= 11 is 0. The third kappa shape index (κ3) is 3.74. The number of nitrogens with zero attached hydrogens (tertiary/aromatic N) is 3. The van der Waals surface area contributed by atoms with Crippen molar-refractivity contribution in [2.24, 2.45) is 13.0 Å². The van der Waals surface area contributed by atoms with Crippen LogP contribution in [-0.2, 0) is 7.05 Å². The van der Waals surface area contributed by atoms with Gasteiger partial charge in [-0.1, -0.05) is 0 Å². The van der Waals surface area contributed by atoms with E-state index in [4.69, 9.17) is 0 Å². The zero-order chi connectivity index (χ0) is 13.1. The van der Waals surface area contributed by atoms with Crippen molar-refractivity contribution in [3.05, 3.63) is 18.2 Å². The highest BCUT2D eigenvalue weighted by atomic mass is 35.5. The number of rotatable bonds is 3. The van der Waals surface area contributed by atoms with Crippen LogP contribution in [-0.4, -0.2) is 47.2 Å². The molecule has 2 aliphatic heterocycles. The van der Waals surface area contributed by atoms with Gasteiger partial charge in [0.15, 0.2) is 0 Å². The van der Waals surface area contributed by atoms with Gasteiger partial charge in [0.2, 0.25) is 0 Å². The summed E-state index contributed by atoms with van der Waals surface area (Å²) in [4.78, 5) is 7.23. The van der Waals surface area contributed by atoms with E-state index >= 15 is 0 Å². The fourth-order valence-corrected chi connectivity index (χ4v) is 3.63. The Kier molecular flexibility index (Phi) is 5.87. The second kappa shape index (κ2) is 7.43. The van der Waals surface area contributed by atoms with Gasteiger partial charge in [0.1, 0.15) is 5.82 Å². The van der Waals surface area contributed by atoms with Crippen LogP contribution in [0.1, 0.15) is 37.4 Å². The van der Waals surface area contributed by atoms with E-state index in [-0.39, 0.29) is 12.4 Å². The van der Waals surface area contributed by atoms with Crippen LogP contribution in [0.2, 0.25) is 0 Å². The van der Waals surface area contributed by atoms with Gasteiger partial charge >= 0.3 is 0 Å². The van der Waals surface area contributed by atoms with Crippen molar-refractivity contribution in [2.75, 3.05) is 32.7 Å². The van der Waals surface area contributed by atoms with Gasteiger partial charge in [-0.2, -0.15) is 0 Å². The average Bonchev–Trinajstić information content (AvgIpc) is 2.86. The smallest absolute Gasteiger partial charge is 0.112 e. The van der Waals surface area contributed by atoms with E-state index in [1.165, 1.54) is 64.2 Å². The first-order chi connectivity index (χ1) is 9.33. The fourth-order valence-electron chi connectivity index (χ4n) is 3.63. The number of halogens is 1. The third-order valence-corrected chi connectivity index (χ3v) is 4.70. The Balaban J connectivity index is 0.00000147. The molecule has 2 aliphatic rings. The van der Waals surface area contributed by atoms with Crippen LogP contribution in [0.25, 0.3) is 0 Å². The number of imidazole rings is 1. The highest BCUT2D eigenvalue weighted by Crippen LogP contribution is 2.26. The Morgan fingerprint density at radius 2 is 2.10 bits per heavy atom. The highest BCUT2D eigenvalue weighted by molar-refractivity contribution is 5.85. The van der Waals surface area contributed by atoms with Crippen LogP contribution in [0.15, 0.2) is 12.4 Å². The number of hydrogen-bond donors (Lipinski definition) is 1. The van der Waals surface area contributed by atoms with E-state index in [0.717, 1.165) is 5.92 Å². The molecule has 0 amide bonds. The lowest BCUT2D eigenvalue weighted by Crippen LogP contribution is -2.41. The summed E-state index contributed by atoms with van der Waals surface area (Å²) in [6.45, 7) is 6.20. The summed E-state index contributed by atoms with van der Waals surface area (Å²) in [6, 6.07) is 0. The first-order valence-electron chi connectivity index (χ1n) is 7.73. The van der Waals surface area contributed by atoms with Gasteiger partial charge in [0, 0.05) is 38.4 Å². The van der Waals surface area contributed by atoms with Gasteiger partial charge in [0.25, 0.3) is 0 Å². The van der Waals surface area contributed by atoms with Crippen molar-refractivity contribution in [1.29, 1.82) is 0 Å². The van der Waals surface area contributed by atoms with E-state index in [1.54, 1.807) is 0 Å². The minimum Gasteiger partial charge on any atom is -0.338 e. The lowest BCUT2D eigenvalue weighted by Gasteiger charge is -2.35. The van der Waals surface area contributed by atoms with Crippen molar-refractivity contribution in [3.63, 3.8) is 0 Å². The van der Waals surface area contributed by atoms with Crippen LogP contribution < -0.4 is 5.32 Å². The Bertz CT molecular complexity index is 400. The highest BCUT2D eigenvalue weighted by Gasteiger charge is 2.26. The molecule has 4 nitrogen and oxygen atoms in total. The van der Waals surface area contributed by atoms with Crippen molar-refractivity contribution < 1.29 is 0 Å². The van der Waals surface area contributed by atoms with Gasteiger partial charge in [-0.05, 0) is 51.2 Å². The second-order valence-corrected chi connectivity index (χ2v) is 6.19. The molecule has 3 heterocycles. The van der Waals surface area contributed by atoms with E-state index in [1.807, 2.05) is 6.20 Å². The molecule has 1 aromatic rings. The van der Waals surface area contributed by atoms with Gasteiger partial charge < -0.3 is 14.8 Å². The van der Waals surface area contributed by atoms with Crippen molar-refractivity contribution >= 4 is 12.4 Å². The topological polar surface area (TPSA) is 33.1 Å². The monoisotopic (exact) mass is 298 g/mol. The van der Waals surface area contributed by atoms with E-state index in [0.29, 0.717) is 5.92 Å². The number of aryl methyl sites for hydroxylation is 1. The predicted molar refractivity (Wildman–Crippen MR) is 84.5 cm³/mol. The normalized spacial score (nSPS) is 25.4. The Labute approximate surface area is 128 Å². The molecule has 0 aliphatic carbocycles. The molecule has 1 atom stereocenters. The molecule has 114 valence electrons. The number of hydrogen-bond acceptors (Lipinski definition) is 3. The summed E-state index contributed by atoms with van der Waals surface area (Å²) in [5, 5.41) is 3.46. The molecule has 0 saturated carbocycles. The van der Waals surface area contributed by atoms with E-state index in [2.05, 4.69) is 33.0 Å².